The molecule has 14 heavy (non-hydrogen) atoms. The van der Waals surface area contributed by atoms with Gasteiger partial charge >= 0.3 is 5.97 Å². The first-order valence-electron chi connectivity index (χ1n) is 5.45. The highest BCUT2D eigenvalue weighted by molar-refractivity contribution is 5.65. The normalized spacial score (nSPS) is 11.5. The zero-order chi connectivity index (χ0) is 10.8. The maximum Gasteiger partial charge on any atom is 0.302 e. The molecular formula is C12H22O2. The summed E-state index contributed by atoms with van der Waals surface area (Å²) in [7, 11) is 0. The summed E-state index contributed by atoms with van der Waals surface area (Å²) in [5.41, 5.74) is 1.46. The molecule has 0 saturated heterocycles. The Balaban J connectivity index is 3.18. The molecule has 82 valence electrons. The van der Waals surface area contributed by atoms with Crippen LogP contribution in [-0.2, 0) is 9.53 Å². The molecule has 0 bridgehead atoms. The fourth-order valence-electron chi connectivity index (χ4n) is 1.13. The number of rotatable bonds is 7. The van der Waals surface area contributed by atoms with Gasteiger partial charge in [-0.2, -0.15) is 0 Å². The molecule has 0 atom stereocenters. The lowest BCUT2D eigenvalue weighted by Crippen LogP contribution is -1.99. The van der Waals surface area contributed by atoms with Crippen molar-refractivity contribution in [2.24, 2.45) is 0 Å². The van der Waals surface area contributed by atoms with Gasteiger partial charge in [0.25, 0.3) is 0 Å². The Morgan fingerprint density at radius 1 is 1.21 bits per heavy atom. The molecule has 0 unspecified atom stereocenters. The highest BCUT2D eigenvalue weighted by atomic mass is 16.5. The number of hydrogen-bond acceptors (Lipinski definition) is 2. The van der Waals surface area contributed by atoms with Gasteiger partial charge in [-0.25, -0.2) is 0 Å². The summed E-state index contributed by atoms with van der Waals surface area (Å²) < 4.78 is 4.84. The summed E-state index contributed by atoms with van der Waals surface area (Å²) in [6.07, 6.45) is 7.91. The van der Waals surface area contributed by atoms with Crippen molar-refractivity contribution >= 4 is 5.97 Å². The summed E-state index contributed by atoms with van der Waals surface area (Å²) in [4.78, 5) is 10.4. The van der Waals surface area contributed by atoms with Crippen molar-refractivity contribution < 1.29 is 9.53 Å². The number of allylic oxidation sites excluding steroid dienone is 2. The minimum atomic E-state index is -0.174. The SMILES string of the molecule is CC/C(C)=C/CCCCCOC(C)=O. The van der Waals surface area contributed by atoms with E-state index in [1.54, 1.807) is 0 Å². The molecule has 0 radical (unpaired) electrons. The lowest BCUT2D eigenvalue weighted by molar-refractivity contribution is -0.141. The average molecular weight is 198 g/mol. The van der Waals surface area contributed by atoms with Crippen molar-refractivity contribution in [3.8, 4) is 0 Å². The van der Waals surface area contributed by atoms with Crippen LogP contribution in [0.4, 0.5) is 0 Å². The second-order valence-corrected chi connectivity index (χ2v) is 3.59. The van der Waals surface area contributed by atoms with Crippen molar-refractivity contribution in [2.75, 3.05) is 6.61 Å². The molecule has 2 nitrogen and oxygen atoms in total. The Morgan fingerprint density at radius 2 is 1.93 bits per heavy atom. The van der Waals surface area contributed by atoms with Gasteiger partial charge < -0.3 is 4.74 Å². The third-order valence-corrected chi connectivity index (χ3v) is 2.20. The molecule has 0 rings (SSSR count). The zero-order valence-corrected chi connectivity index (χ0v) is 9.64. The minimum absolute atomic E-state index is 0.174. The standard InChI is InChI=1S/C12H22O2/c1-4-11(2)9-7-5-6-8-10-14-12(3)13/h9H,4-8,10H2,1-3H3/b11-9+. The average Bonchev–Trinajstić information content (AvgIpc) is 2.15. The van der Waals surface area contributed by atoms with E-state index in [2.05, 4.69) is 19.9 Å². The topological polar surface area (TPSA) is 26.3 Å². The molecule has 0 aromatic heterocycles. The van der Waals surface area contributed by atoms with E-state index in [-0.39, 0.29) is 5.97 Å². The van der Waals surface area contributed by atoms with Crippen LogP contribution >= 0.6 is 0 Å². The number of ether oxygens (including phenoxy) is 1. The monoisotopic (exact) mass is 198 g/mol. The van der Waals surface area contributed by atoms with Gasteiger partial charge in [-0.15, -0.1) is 0 Å². The summed E-state index contributed by atoms with van der Waals surface area (Å²) in [5, 5.41) is 0. The molecule has 0 spiro atoms. The molecule has 0 heterocycles. The van der Waals surface area contributed by atoms with Gasteiger partial charge in [0.2, 0.25) is 0 Å². The predicted octanol–water partition coefficient (Wildman–Crippen LogP) is 3.47. The van der Waals surface area contributed by atoms with Gasteiger partial charge in [-0.1, -0.05) is 18.6 Å². The quantitative estimate of drug-likeness (QED) is 0.356. The van der Waals surface area contributed by atoms with Gasteiger partial charge in [0.1, 0.15) is 0 Å². The molecule has 2 heteroatoms. The Morgan fingerprint density at radius 3 is 2.50 bits per heavy atom. The van der Waals surface area contributed by atoms with Crippen molar-refractivity contribution in [3.05, 3.63) is 11.6 Å². The minimum Gasteiger partial charge on any atom is -0.466 e. The Kier molecular flexibility index (Phi) is 8.30. The second kappa shape index (κ2) is 8.79. The van der Waals surface area contributed by atoms with E-state index in [1.165, 1.54) is 18.9 Å². The second-order valence-electron chi connectivity index (χ2n) is 3.59. The zero-order valence-electron chi connectivity index (χ0n) is 9.64. The lowest BCUT2D eigenvalue weighted by atomic mass is 10.1. The summed E-state index contributed by atoms with van der Waals surface area (Å²) in [6.45, 7) is 6.37. The molecule has 0 aromatic rings. The van der Waals surface area contributed by atoms with Crippen LogP contribution in [0, 0.1) is 0 Å². The van der Waals surface area contributed by atoms with Gasteiger partial charge in [-0.05, 0) is 39.0 Å². The predicted molar refractivity (Wildman–Crippen MR) is 59.1 cm³/mol. The largest absolute Gasteiger partial charge is 0.466 e. The Bertz CT molecular complexity index is 183. The van der Waals surface area contributed by atoms with Crippen LogP contribution in [0.25, 0.3) is 0 Å². The molecule has 0 aromatic carbocycles. The number of unbranched alkanes of at least 4 members (excludes halogenated alkanes) is 3. The fourth-order valence-corrected chi connectivity index (χ4v) is 1.13. The van der Waals surface area contributed by atoms with Crippen LogP contribution in [0.1, 0.15) is 52.9 Å². The van der Waals surface area contributed by atoms with Gasteiger partial charge in [0.15, 0.2) is 0 Å². The molecule has 0 aliphatic rings. The van der Waals surface area contributed by atoms with E-state index in [4.69, 9.17) is 4.74 Å². The van der Waals surface area contributed by atoms with Gasteiger partial charge in [0.05, 0.1) is 6.61 Å². The summed E-state index contributed by atoms with van der Waals surface area (Å²) in [5.74, 6) is -0.174. The molecule has 0 saturated carbocycles. The maximum atomic E-state index is 10.4. The molecule has 0 aliphatic carbocycles. The Hall–Kier alpha value is -0.790. The molecular weight excluding hydrogens is 176 g/mol. The van der Waals surface area contributed by atoms with Gasteiger partial charge in [-0.3, -0.25) is 4.79 Å². The fraction of sp³-hybridized carbons (Fsp3) is 0.750. The van der Waals surface area contributed by atoms with Crippen LogP contribution in [0.2, 0.25) is 0 Å². The lowest BCUT2D eigenvalue weighted by Gasteiger charge is -2.01. The Labute approximate surface area is 87.3 Å². The van der Waals surface area contributed by atoms with Crippen molar-refractivity contribution in [3.63, 3.8) is 0 Å². The van der Waals surface area contributed by atoms with E-state index < -0.39 is 0 Å². The third kappa shape index (κ3) is 9.30. The number of carbonyl (C=O) groups excluding carboxylic acids is 1. The molecule has 0 aliphatic heterocycles. The van der Waals surface area contributed by atoms with Crippen LogP contribution in [-0.4, -0.2) is 12.6 Å². The van der Waals surface area contributed by atoms with E-state index in [0.717, 1.165) is 25.7 Å². The summed E-state index contributed by atoms with van der Waals surface area (Å²) in [6, 6.07) is 0. The molecule has 0 N–H and O–H groups in total. The van der Waals surface area contributed by atoms with Crippen molar-refractivity contribution in [1.29, 1.82) is 0 Å². The highest BCUT2D eigenvalue weighted by Crippen LogP contribution is 2.05. The maximum absolute atomic E-state index is 10.4. The highest BCUT2D eigenvalue weighted by Gasteiger charge is 1.92. The van der Waals surface area contributed by atoms with E-state index >= 15 is 0 Å². The van der Waals surface area contributed by atoms with Crippen molar-refractivity contribution in [2.45, 2.75) is 52.9 Å². The van der Waals surface area contributed by atoms with Crippen LogP contribution in [0.15, 0.2) is 11.6 Å². The number of carbonyl (C=O) groups is 1. The smallest absolute Gasteiger partial charge is 0.302 e. The number of hydrogen-bond donors (Lipinski definition) is 0. The van der Waals surface area contributed by atoms with Crippen LogP contribution < -0.4 is 0 Å². The van der Waals surface area contributed by atoms with Crippen molar-refractivity contribution in [1.82, 2.24) is 0 Å². The number of esters is 1. The first-order valence-corrected chi connectivity index (χ1v) is 5.45. The van der Waals surface area contributed by atoms with E-state index in [9.17, 15) is 4.79 Å². The molecule has 0 fully saturated rings. The van der Waals surface area contributed by atoms with Crippen LogP contribution in [0.5, 0.6) is 0 Å². The molecule has 0 amide bonds. The first kappa shape index (κ1) is 13.2. The van der Waals surface area contributed by atoms with E-state index in [1.807, 2.05) is 0 Å². The van der Waals surface area contributed by atoms with Crippen LogP contribution in [0.3, 0.4) is 0 Å². The van der Waals surface area contributed by atoms with E-state index in [0.29, 0.717) is 6.61 Å². The van der Waals surface area contributed by atoms with Gasteiger partial charge in [0, 0.05) is 6.92 Å². The third-order valence-electron chi connectivity index (χ3n) is 2.20. The summed E-state index contributed by atoms with van der Waals surface area (Å²) >= 11 is 0. The first-order chi connectivity index (χ1) is 6.66.